The molecule has 0 aromatic carbocycles. The molecule has 0 spiro atoms. The fourth-order valence-corrected chi connectivity index (χ4v) is 0.828. The molecule has 65 valence electrons. The minimum Gasteiger partial charge on any atom is -0.349 e. The van der Waals surface area contributed by atoms with Gasteiger partial charge in [-0.3, -0.25) is 4.99 Å². The van der Waals surface area contributed by atoms with Crippen LogP contribution in [0.15, 0.2) is 4.99 Å². The maximum absolute atomic E-state index is 10.1. The normalized spacial score (nSPS) is 9.18. The zero-order valence-electron chi connectivity index (χ0n) is 7.66. The minimum absolute atomic E-state index is 0.148. The van der Waals surface area contributed by atoms with Gasteiger partial charge in [0.2, 0.25) is 0 Å². The van der Waals surface area contributed by atoms with Crippen LogP contribution in [0.2, 0.25) is 0 Å². The third-order valence-corrected chi connectivity index (χ3v) is 1.14. The van der Waals surface area contributed by atoms with Gasteiger partial charge in [-0.05, 0) is 0 Å². The Labute approximate surface area is 68.1 Å². The predicted molar refractivity (Wildman–Crippen MR) is 45.2 cm³/mol. The quantitative estimate of drug-likeness (QED) is 0.415. The van der Waals surface area contributed by atoms with E-state index in [1.807, 2.05) is 38.0 Å². The highest BCUT2D eigenvalue weighted by Crippen LogP contribution is 1.87. The van der Waals surface area contributed by atoms with Gasteiger partial charge in [0.1, 0.15) is 6.61 Å². The molecule has 0 heterocycles. The Morgan fingerprint density at radius 1 is 1.18 bits per heavy atom. The van der Waals surface area contributed by atoms with Gasteiger partial charge in [0.05, 0.1) is 6.54 Å². The maximum Gasteiger partial charge on any atom is 0.195 e. The van der Waals surface area contributed by atoms with Crippen LogP contribution in [0, 0.1) is 0 Å². The summed E-state index contributed by atoms with van der Waals surface area (Å²) in [4.78, 5) is 7.87. The van der Waals surface area contributed by atoms with Crippen molar-refractivity contribution in [2.45, 2.75) is 0 Å². The number of hydrogen-bond acceptors (Lipinski definition) is 1. The summed E-state index contributed by atoms with van der Waals surface area (Å²) in [5.74, 6) is 0.834. The summed E-state index contributed by atoms with van der Waals surface area (Å²) in [5, 5.41) is 10.1. The molecule has 0 aliphatic rings. The summed E-state index contributed by atoms with van der Waals surface area (Å²) < 4.78 is 0. The molecule has 0 rings (SSSR count). The number of guanidine groups is 1. The Hall–Kier alpha value is -0.770. The lowest BCUT2D eigenvalue weighted by Gasteiger charge is -2.22. The monoisotopic (exact) mass is 158 g/mol. The van der Waals surface area contributed by atoms with E-state index in [0.29, 0.717) is 6.54 Å². The topological polar surface area (TPSA) is 38.7 Å². The molecule has 11 heavy (non-hydrogen) atoms. The van der Waals surface area contributed by atoms with Crippen molar-refractivity contribution in [3.05, 3.63) is 0 Å². The van der Waals surface area contributed by atoms with Crippen molar-refractivity contribution in [2.24, 2.45) is 4.99 Å². The first kappa shape index (κ1) is 10.2. The third kappa shape index (κ3) is 3.83. The average Bonchev–Trinajstić information content (AvgIpc) is 1.87. The van der Waals surface area contributed by atoms with Crippen LogP contribution in [-0.4, -0.2) is 57.1 Å². The van der Waals surface area contributed by atoms with Crippen molar-refractivity contribution in [3.8, 4) is 0 Å². The largest absolute Gasteiger partial charge is 0.349 e. The smallest absolute Gasteiger partial charge is 0.195 e. The molecule has 4 heteroatoms. The SMILES string of the molecule is CN(C)C(=NCC[O])N(C)C. The fraction of sp³-hybridized carbons (Fsp3) is 0.857. The van der Waals surface area contributed by atoms with E-state index in [-0.39, 0.29) is 6.61 Å². The van der Waals surface area contributed by atoms with Crippen molar-refractivity contribution in [3.63, 3.8) is 0 Å². The molecular formula is C7H16N3O. The van der Waals surface area contributed by atoms with E-state index in [4.69, 9.17) is 0 Å². The molecule has 0 amide bonds. The van der Waals surface area contributed by atoms with Gasteiger partial charge < -0.3 is 9.80 Å². The fourth-order valence-electron chi connectivity index (χ4n) is 0.828. The highest BCUT2D eigenvalue weighted by atomic mass is 16.3. The molecule has 0 saturated carbocycles. The zero-order valence-corrected chi connectivity index (χ0v) is 7.66. The van der Waals surface area contributed by atoms with Crippen LogP contribution in [0.4, 0.5) is 0 Å². The maximum atomic E-state index is 10.1. The first-order chi connectivity index (χ1) is 5.09. The van der Waals surface area contributed by atoms with E-state index in [2.05, 4.69) is 4.99 Å². The Morgan fingerprint density at radius 3 is 1.91 bits per heavy atom. The van der Waals surface area contributed by atoms with E-state index in [1.165, 1.54) is 0 Å². The molecule has 0 aromatic heterocycles. The molecule has 0 fully saturated rings. The number of rotatable bonds is 2. The summed E-state index contributed by atoms with van der Waals surface area (Å²) in [7, 11) is 7.63. The predicted octanol–water partition coefficient (Wildman–Crippen LogP) is -0.104. The lowest BCUT2D eigenvalue weighted by atomic mass is 10.6. The first-order valence-electron chi connectivity index (χ1n) is 3.56. The second kappa shape index (κ2) is 4.96. The van der Waals surface area contributed by atoms with Gasteiger partial charge in [0, 0.05) is 28.2 Å². The summed E-state index contributed by atoms with van der Waals surface area (Å²) >= 11 is 0. The molecule has 0 unspecified atom stereocenters. The van der Waals surface area contributed by atoms with Crippen molar-refractivity contribution in [1.82, 2.24) is 9.80 Å². The van der Waals surface area contributed by atoms with E-state index in [0.717, 1.165) is 5.96 Å². The van der Waals surface area contributed by atoms with Gasteiger partial charge in [0.25, 0.3) is 0 Å². The van der Waals surface area contributed by atoms with E-state index >= 15 is 0 Å². The second-order valence-electron chi connectivity index (χ2n) is 2.67. The van der Waals surface area contributed by atoms with Gasteiger partial charge in [-0.2, -0.15) is 0 Å². The molecule has 0 bridgehead atoms. The molecule has 0 aliphatic heterocycles. The molecule has 1 radical (unpaired) electrons. The lowest BCUT2D eigenvalue weighted by Crippen LogP contribution is -2.35. The first-order valence-corrected chi connectivity index (χ1v) is 3.56. The molecule has 0 atom stereocenters. The Kier molecular flexibility index (Phi) is 4.61. The molecule has 4 nitrogen and oxygen atoms in total. The summed E-state index contributed by atoms with van der Waals surface area (Å²) in [6.07, 6.45) is 0. The van der Waals surface area contributed by atoms with Crippen LogP contribution < -0.4 is 0 Å². The van der Waals surface area contributed by atoms with Crippen LogP contribution in [0.1, 0.15) is 0 Å². The highest BCUT2D eigenvalue weighted by molar-refractivity contribution is 5.79. The summed E-state index contributed by atoms with van der Waals surface area (Å²) in [5.41, 5.74) is 0. The molecule has 0 N–H and O–H groups in total. The molecule has 0 aromatic rings. The minimum atomic E-state index is -0.148. The standard InChI is InChI=1S/C7H16N3O/c1-9(2)7(10(3)4)8-5-6-11/h5-6H2,1-4H3. The van der Waals surface area contributed by atoms with Gasteiger partial charge >= 0.3 is 0 Å². The summed E-state index contributed by atoms with van der Waals surface area (Å²) in [6, 6.07) is 0. The Morgan fingerprint density at radius 2 is 1.64 bits per heavy atom. The van der Waals surface area contributed by atoms with Crippen LogP contribution in [0.3, 0.4) is 0 Å². The van der Waals surface area contributed by atoms with Crippen LogP contribution >= 0.6 is 0 Å². The van der Waals surface area contributed by atoms with Crippen LogP contribution in [-0.2, 0) is 5.11 Å². The highest BCUT2D eigenvalue weighted by Gasteiger charge is 2.01. The number of nitrogens with zero attached hydrogens (tertiary/aromatic N) is 3. The summed E-state index contributed by atoms with van der Waals surface area (Å²) in [6.45, 7) is 0.205. The van der Waals surface area contributed by atoms with E-state index in [9.17, 15) is 5.11 Å². The van der Waals surface area contributed by atoms with Crippen molar-refractivity contribution >= 4 is 5.96 Å². The van der Waals surface area contributed by atoms with Crippen LogP contribution in [0.25, 0.3) is 0 Å². The molecule has 0 aliphatic carbocycles. The molecular weight excluding hydrogens is 142 g/mol. The second-order valence-corrected chi connectivity index (χ2v) is 2.67. The van der Waals surface area contributed by atoms with Gasteiger partial charge in [-0.1, -0.05) is 0 Å². The van der Waals surface area contributed by atoms with Crippen molar-refractivity contribution in [2.75, 3.05) is 41.3 Å². The van der Waals surface area contributed by atoms with Crippen molar-refractivity contribution in [1.29, 1.82) is 0 Å². The van der Waals surface area contributed by atoms with E-state index < -0.39 is 0 Å². The average molecular weight is 158 g/mol. The Bertz CT molecular complexity index is 122. The number of aliphatic imine (C=N–C) groups is 1. The lowest BCUT2D eigenvalue weighted by molar-refractivity contribution is 0.202. The van der Waals surface area contributed by atoms with Gasteiger partial charge in [0.15, 0.2) is 5.96 Å². The zero-order chi connectivity index (χ0) is 8.85. The third-order valence-electron chi connectivity index (χ3n) is 1.14. The van der Waals surface area contributed by atoms with E-state index in [1.54, 1.807) is 0 Å². The van der Waals surface area contributed by atoms with Crippen LogP contribution in [0.5, 0.6) is 0 Å². The van der Waals surface area contributed by atoms with Crippen molar-refractivity contribution < 1.29 is 5.11 Å². The number of hydrogen-bond donors (Lipinski definition) is 0. The van der Waals surface area contributed by atoms with Gasteiger partial charge in [-0.25, -0.2) is 5.11 Å². The molecule has 0 saturated heterocycles. The Balaban J connectivity index is 4.09. The van der Waals surface area contributed by atoms with Gasteiger partial charge in [-0.15, -0.1) is 0 Å².